The van der Waals surface area contributed by atoms with Crippen LogP contribution < -0.4 is 5.32 Å². The largest absolute Gasteiger partial charge is 0.372 e. The van der Waals surface area contributed by atoms with Crippen LogP contribution in [0.4, 0.5) is 5.82 Å². The monoisotopic (exact) mass is 297 g/mol. The molecule has 1 N–H and O–H groups in total. The van der Waals surface area contributed by atoms with Gasteiger partial charge in [0, 0.05) is 13.0 Å². The summed E-state index contributed by atoms with van der Waals surface area (Å²) in [5, 5.41) is 3.13. The van der Waals surface area contributed by atoms with Gasteiger partial charge in [-0.05, 0) is 48.0 Å². The molecule has 4 heteroatoms. The molecule has 1 aromatic rings. The molecule has 1 aliphatic carbocycles. The summed E-state index contributed by atoms with van der Waals surface area (Å²) in [7, 11) is 1.90. The maximum atomic E-state index is 4.63. The van der Waals surface area contributed by atoms with Gasteiger partial charge in [-0.3, -0.25) is 0 Å². The Kier molecular flexibility index (Phi) is 4.02. The van der Waals surface area contributed by atoms with Gasteiger partial charge < -0.3 is 5.32 Å². The minimum Gasteiger partial charge on any atom is -0.372 e. The Morgan fingerprint density at radius 1 is 1.35 bits per heavy atom. The van der Waals surface area contributed by atoms with E-state index in [2.05, 4.69) is 38.1 Å². The predicted octanol–water partition coefficient (Wildman–Crippen LogP) is 3.88. The molecule has 2 atom stereocenters. The number of hydrogen-bond donors (Lipinski definition) is 1. The van der Waals surface area contributed by atoms with Gasteiger partial charge in [-0.25, -0.2) is 9.97 Å². The third-order valence-corrected chi connectivity index (χ3v) is 4.70. The Morgan fingerprint density at radius 3 is 2.71 bits per heavy atom. The second kappa shape index (κ2) is 5.34. The number of anilines is 1. The van der Waals surface area contributed by atoms with Crippen molar-refractivity contribution in [1.82, 2.24) is 9.97 Å². The zero-order valence-electron chi connectivity index (χ0n) is 10.8. The van der Waals surface area contributed by atoms with Gasteiger partial charge >= 0.3 is 0 Å². The van der Waals surface area contributed by atoms with Crippen molar-refractivity contribution in [2.75, 3.05) is 12.4 Å². The standard InChI is InChI=1S/C13H20BrN3/c1-4-9-5-6-10(7-9)12-16-8(2)11(14)13(15-3)17-12/h9-10H,4-7H2,1-3H3,(H,15,16,17). The summed E-state index contributed by atoms with van der Waals surface area (Å²) in [6.45, 7) is 4.31. The van der Waals surface area contributed by atoms with E-state index in [1.807, 2.05) is 14.0 Å². The van der Waals surface area contributed by atoms with Crippen molar-refractivity contribution < 1.29 is 0 Å². The molecular formula is C13H20BrN3. The van der Waals surface area contributed by atoms with E-state index in [4.69, 9.17) is 0 Å². The molecule has 1 aromatic heterocycles. The van der Waals surface area contributed by atoms with Gasteiger partial charge in [0.05, 0.1) is 10.2 Å². The average Bonchev–Trinajstić information content (AvgIpc) is 2.81. The summed E-state index contributed by atoms with van der Waals surface area (Å²) >= 11 is 3.52. The van der Waals surface area contributed by atoms with Crippen LogP contribution in [0, 0.1) is 12.8 Å². The van der Waals surface area contributed by atoms with Gasteiger partial charge in [0.2, 0.25) is 0 Å². The highest BCUT2D eigenvalue weighted by Gasteiger charge is 2.27. The van der Waals surface area contributed by atoms with Crippen LogP contribution in [-0.4, -0.2) is 17.0 Å². The molecule has 1 fully saturated rings. The molecule has 0 saturated heterocycles. The van der Waals surface area contributed by atoms with Crippen LogP contribution in [0.2, 0.25) is 0 Å². The zero-order chi connectivity index (χ0) is 12.4. The van der Waals surface area contributed by atoms with Crippen molar-refractivity contribution >= 4 is 21.7 Å². The third-order valence-electron chi connectivity index (χ3n) is 3.75. The van der Waals surface area contributed by atoms with Crippen LogP contribution in [0.3, 0.4) is 0 Å². The molecule has 3 nitrogen and oxygen atoms in total. The van der Waals surface area contributed by atoms with Crippen molar-refractivity contribution in [3.05, 3.63) is 16.0 Å². The molecule has 17 heavy (non-hydrogen) atoms. The lowest BCUT2D eigenvalue weighted by atomic mass is 10.0. The van der Waals surface area contributed by atoms with Crippen molar-refractivity contribution in [2.24, 2.45) is 5.92 Å². The molecule has 1 aliphatic rings. The molecule has 0 aliphatic heterocycles. The quantitative estimate of drug-likeness (QED) is 0.920. The molecule has 1 heterocycles. The number of hydrogen-bond acceptors (Lipinski definition) is 3. The van der Waals surface area contributed by atoms with Crippen molar-refractivity contribution in [3.8, 4) is 0 Å². The number of rotatable bonds is 3. The molecule has 2 rings (SSSR count). The number of nitrogens with one attached hydrogen (secondary N) is 1. The Bertz CT molecular complexity index is 406. The Morgan fingerprint density at radius 2 is 2.12 bits per heavy atom. The van der Waals surface area contributed by atoms with Gasteiger partial charge in [0.15, 0.2) is 0 Å². The lowest BCUT2D eigenvalue weighted by Gasteiger charge is -2.13. The highest BCUT2D eigenvalue weighted by Crippen LogP contribution is 2.39. The van der Waals surface area contributed by atoms with Crippen molar-refractivity contribution in [2.45, 2.75) is 45.4 Å². The summed E-state index contributed by atoms with van der Waals surface area (Å²) in [6.07, 6.45) is 5.10. The topological polar surface area (TPSA) is 37.8 Å². The first-order valence-corrected chi connectivity index (χ1v) is 7.16. The number of aromatic nitrogens is 2. The van der Waals surface area contributed by atoms with Gasteiger partial charge in [0.25, 0.3) is 0 Å². The van der Waals surface area contributed by atoms with Gasteiger partial charge in [-0.1, -0.05) is 13.3 Å². The average molecular weight is 298 g/mol. The minimum absolute atomic E-state index is 0.554. The number of halogens is 1. The molecule has 0 radical (unpaired) electrons. The second-order valence-corrected chi connectivity index (χ2v) is 5.66. The van der Waals surface area contributed by atoms with E-state index in [1.54, 1.807) is 0 Å². The fourth-order valence-electron chi connectivity index (χ4n) is 2.61. The fourth-order valence-corrected chi connectivity index (χ4v) is 2.98. The molecule has 0 bridgehead atoms. The van der Waals surface area contributed by atoms with Gasteiger partial charge in [-0.15, -0.1) is 0 Å². The Hall–Kier alpha value is -0.640. The van der Waals surface area contributed by atoms with Crippen LogP contribution in [0.25, 0.3) is 0 Å². The lowest BCUT2D eigenvalue weighted by molar-refractivity contribution is 0.516. The summed E-state index contributed by atoms with van der Waals surface area (Å²) in [4.78, 5) is 9.27. The third kappa shape index (κ3) is 2.62. The summed E-state index contributed by atoms with van der Waals surface area (Å²) in [5.41, 5.74) is 1.03. The van der Waals surface area contributed by atoms with Crippen LogP contribution >= 0.6 is 15.9 Å². The van der Waals surface area contributed by atoms with E-state index < -0.39 is 0 Å². The first kappa shape index (κ1) is 12.8. The molecule has 2 unspecified atom stereocenters. The van der Waals surface area contributed by atoms with E-state index in [1.165, 1.54) is 25.7 Å². The van der Waals surface area contributed by atoms with E-state index in [9.17, 15) is 0 Å². The van der Waals surface area contributed by atoms with Gasteiger partial charge in [0.1, 0.15) is 11.6 Å². The Labute approximate surface area is 112 Å². The van der Waals surface area contributed by atoms with Crippen molar-refractivity contribution in [3.63, 3.8) is 0 Å². The van der Waals surface area contributed by atoms with E-state index >= 15 is 0 Å². The van der Waals surface area contributed by atoms with E-state index in [0.717, 1.165) is 27.7 Å². The maximum Gasteiger partial charge on any atom is 0.144 e. The SMILES string of the molecule is CCC1CCC(c2nc(C)c(Br)c(NC)n2)C1. The lowest BCUT2D eigenvalue weighted by Crippen LogP contribution is -2.07. The summed E-state index contributed by atoms with van der Waals surface area (Å²) in [5.74, 6) is 3.35. The molecule has 94 valence electrons. The number of nitrogens with zero attached hydrogens (tertiary/aromatic N) is 2. The maximum absolute atomic E-state index is 4.63. The predicted molar refractivity (Wildman–Crippen MR) is 74.4 cm³/mol. The molecular weight excluding hydrogens is 278 g/mol. The minimum atomic E-state index is 0.554. The van der Waals surface area contributed by atoms with Crippen LogP contribution in [-0.2, 0) is 0 Å². The summed E-state index contributed by atoms with van der Waals surface area (Å²) < 4.78 is 0.980. The van der Waals surface area contributed by atoms with Crippen LogP contribution in [0.5, 0.6) is 0 Å². The first-order chi connectivity index (χ1) is 8.15. The smallest absolute Gasteiger partial charge is 0.144 e. The van der Waals surface area contributed by atoms with Crippen molar-refractivity contribution in [1.29, 1.82) is 0 Å². The normalized spacial score (nSPS) is 24.0. The molecule has 0 aromatic carbocycles. The molecule has 0 amide bonds. The summed E-state index contributed by atoms with van der Waals surface area (Å²) in [6, 6.07) is 0. The highest BCUT2D eigenvalue weighted by molar-refractivity contribution is 9.10. The highest BCUT2D eigenvalue weighted by atomic mass is 79.9. The second-order valence-electron chi connectivity index (χ2n) is 4.86. The zero-order valence-corrected chi connectivity index (χ0v) is 12.3. The van der Waals surface area contributed by atoms with Crippen LogP contribution in [0.1, 0.15) is 50.0 Å². The van der Waals surface area contributed by atoms with Crippen LogP contribution in [0.15, 0.2) is 4.47 Å². The molecule has 0 spiro atoms. The van der Waals surface area contributed by atoms with Gasteiger partial charge in [-0.2, -0.15) is 0 Å². The number of aryl methyl sites for hydroxylation is 1. The first-order valence-electron chi connectivity index (χ1n) is 6.37. The van der Waals surface area contributed by atoms with E-state index in [0.29, 0.717) is 5.92 Å². The molecule has 1 saturated carbocycles. The Balaban J connectivity index is 2.25. The fraction of sp³-hybridized carbons (Fsp3) is 0.692. The van der Waals surface area contributed by atoms with E-state index in [-0.39, 0.29) is 0 Å².